The Morgan fingerprint density at radius 1 is 1.33 bits per heavy atom. The number of hydrogen-bond donors (Lipinski definition) is 2. The third-order valence-corrected chi connectivity index (χ3v) is 2.77. The molecule has 0 saturated carbocycles. The Balaban J connectivity index is 2.03. The highest BCUT2D eigenvalue weighted by Crippen LogP contribution is 2.32. The Kier molecular flexibility index (Phi) is 4.04. The first kappa shape index (κ1) is 12.7. The van der Waals surface area contributed by atoms with Gasteiger partial charge in [-0.05, 0) is 19.2 Å². The monoisotopic (exact) mass is 250 g/mol. The largest absolute Gasteiger partial charge is 0.486 e. The molecule has 0 radical (unpaired) electrons. The van der Waals surface area contributed by atoms with Crippen LogP contribution in [0.1, 0.15) is 6.92 Å². The van der Waals surface area contributed by atoms with Gasteiger partial charge in [0.1, 0.15) is 13.2 Å². The number of hydrogen-bond acceptors (Lipinski definition) is 4. The highest BCUT2D eigenvalue weighted by Gasteiger charge is 2.15. The topological polar surface area (TPSA) is 59.6 Å². The number of nitrogens with one attached hydrogen (secondary N) is 2. The molecule has 1 aliphatic heterocycles. The average molecular weight is 250 g/mol. The van der Waals surface area contributed by atoms with Crippen molar-refractivity contribution in [3.05, 3.63) is 18.2 Å². The lowest BCUT2D eigenvalue weighted by Crippen LogP contribution is -2.28. The van der Waals surface area contributed by atoms with Crippen molar-refractivity contribution in [2.75, 3.05) is 32.1 Å². The molecule has 18 heavy (non-hydrogen) atoms. The summed E-state index contributed by atoms with van der Waals surface area (Å²) in [4.78, 5) is 11.8. The first-order chi connectivity index (χ1) is 8.70. The molecule has 1 heterocycles. The summed E-state index contributed by atoms with van der Waals surface area (Å²) in [6.45, 7) is 3.64. The van der Waals surface area contributed by atoms with Gasteiger partial charge >= 0.3 is 0 Å². The van der Waals surface area contributed by atoms with Crippen LogP contribution in [0.2, 0.25) is 0 Å². The van der Waals surface area contributed by atoms with E-state index in [2.05, 4.69) is 10.6 Å². The van der Waals surface area contributed by atoms with Crippen LogP contribution in [0.4, 0.5) is 5.69 Å². The average Bonchev–Trinajstić information content (AvgIpc) is 2.39. The lowest BCUT2D eigenvalue weighted by molar-refractivity contribution is -0.119. The second-order valence-corrected chi connectivity index (χ2v) is 4.31. The summed E-state index contributed by atoms with van der Waals surface area (Å²) >= 11 is 0. The fourth-order valence-corrected chi connectivity index (χ4v) is 1.79. The second-order valence-electron chi connectivity index (χ2n) is 4.31. The molecule has 0 aliphatic carbocycles. The van der Waals surface area contributed by atoms with Gasteiger partial charge in [-0.2, -0.15) is 0 Å². The Morgan fingerprint density at radius 2 is 2.06 bits per heavy atom. The smallest absolute Gasteiger partial charge is 0.228 e. The van der Waals surface area contributed by atoms with E-state index in [1.807, 2.05) is 26.1 Å². The van der Waals surface area contributed by atoms with Crippen LogP contribution in [0, 0.1) is 5.92 Å². The van der Waals surface area contributed by atoms with Gasteiger partial charge in [-0.3, -0.25) is 4.79 Å². The standard InChI is InChI=1S/C13H18N2O3/c1-9(8-14-2)13(16)15-10-3-4-11-12(7-10)18-6-5-17-11/h3-4,7,9,14H,5-6,8H2,1-2H3,(H,15,16). The molecule has 2 N–H and O–H groups in total. The van der Waals surface area contributed by atoms with Gasteiger partial charge in [0, 0.05) is 24.2 Å². The number of amides is 1. The van der Waals surface area contributed by atoms with Crippen molar-refractivity contribution in [3.8, 4) is 11.5 Å². The molecule has 1 amide bonds. The molecule has 1 aromatic rings. The van der Waals surface area contributed by atoms with Gasteiger partial charge in [0.15, 0.2) is 11.5 Å². The third-order valence-electron chi connectivity index (χ3n) is 2.77. The van der Waals surface area contributed by atoms with Crippen LogP contribution in [0.15, 0.2) is 18.2 Å². The maximum atomic E-state index is 11.8. The molecule has 0 fully saturated rings. The van der Waals surface area contributed by atoms with Crippen LogP contribution in [0.25, 0.3) is 0 Å². The number of fused-ring (bicyclic) bond motifs is 1. The minimum absolute atomic E-state index is 0.0129. The van der Waals surface area contributed by atoms with Crippen LogP contribution in [-0.2, 0) is 4.79 Å². The zero-order valence-corrected chi connectivity index (χ0v) is 10.7. The number of rotatable bonds is 4. The van der Waals surface area contributed by atoms with Gasteiger partial charge in [0.05, 0.1) is 0 Å². The highest BCUT2D eigenvalue weighted by molar-refractivity contribution is 5.92. The lowest BCUT2D eigenvalue weighted by Gasteiger charge is -2.19. The Hall–Kier alpha value is -1.75. The molecular formula is C13H18N2O3. The summed E-state index contributed by atoms with van der Waals surface area (Å²) < 4.78 is 10.9. The van der Waals surface area contributed by atoms with E-state index in [0.717, 1.165) is 11.4 Å². The zero-order valence-electron chi connectivity index (χ0n) is 10.7. The van der Waals surface area contributed by atoms with E-state index < -0.39 is 0 Å². The molecule has 0 bridgehead atoms. The van der Waals surface area contributed by atoms with Gasteiger partial charge in [0.2, 0.25) is 5.91 Å². The fourth-order valence-electron chi connectivity index (χ4n) is 1.79. The maximum absolute atomic E-state index is 11.8. The van der Waals surface area contributed by atoms with Crippen molar-refractivity contribution in [2.24, 2.45) is 5.92 Å². The Bertz CT molecular complexity index is 434. The predicted octanol–water partition coefficient (Wildman–Crippen LogP) is 1.25. The van der Waals surface area contributed by atoms with E-state index in [1.165, 1.54) is 0 Å². The van der Waals surface area contributed by atoms with Crippen LogP contribution < -0.4 is 20.1 Å². The number of carbonyl (C=O) groups excluding carboxylic acids is 1. The first-order valence-electron chi connectivity index (χ1n) is 6.06. The lowest BCUT2D eigenvalue weighted by atomic mass is 10.1. The second kappa shape index (κ2) is 5.73. The van der Waals surface area contributed by atoms with Crippen molar-refractivity contribution in [1.29, 1.82) is 0 Å². The molecular weight excluding hydrogens is 232 g/mol. The summed E-state index contributed by atoms with van der Waals surface area (Å²) in [6, 6.07) is 5.42. The van der Waals surface area contributed by atoms with Crippen molar-refractivity contribution >= 4 is 11.6 Å². The van der Waals surface area contributed by atoms with E-state index in [1.54, 1.807) is 6.07 Å². The van der Waals surface area contributed by atoms with Gasteiger partial charge < -0.3 is 20.1 Å². The van der Waals surface area contributed by atoms with E-state index in [9.17, 15) is 4.79 Å². The molecule has 1 aromatic carbocycles. The molecule has 5 heteroatoms. The van der Waals surface area contributed by atoms with Crippen molar-refractivity contribution in [1.82, 2.24) is 5.32 Å². The van der Waals surface area contributed by atoms with Crippen LogP contribution in [0.3, 0.4) is 0 Å². The summed E-state index contributed by atoms with van der Waals surface area (Å²) in [7, 11) is 1.83. The third kappa shape index (κ3) is 2.92. The molecule has 0 saturated heterocycles. The van der Waals surface area contributed by atoms with Gasteiger partial charge in [-0.1, -0.05) is 6.92 Å². The molecule has 5 nitrogen and oxygen atoms in total. The van der Waals surface area contributed by atoms with Gasteiger partial charge in [-0.15, -0.1) is 0 Å². The number of benzene rings is 1. The SMILES string of the molecule is CNCC(C)C(=O)Nc1ccc2c(c1)OCCO2. The minimum atomic E-state index is -0.0804. The van der Waals surface area contributed by atoms with Crippen LogP contribution in [0.5, 0.6) is 11.5 Å². The zero-order chi connectivity index (χ0) is 13.0. The van der Waals surface area contributed by atoms with Crippen LogP contribution >= 0.6 is 0 Å². The number of anilines is 1. The molecule has 1 atom stereocenters. The molecule has 2 rings (SSSR count). The predicted molar refractivity (Wildman–Crippen MR) is 69.2 cm³/mol. The van der Waals surface area contributed by atoms with E-state index >= 15 is 0 Å². The first-order valence-corrected chi connectivity index (χ1v) is 6.06. The Morgan fingerprint density at radius 3 is 2.78 bits per heavy atom. The van der Waals surface area contributed by atoms with Crippen molar-refractivity contribution in [2.45, 2.75) is 6.92 Å². The summed E-state index contributed by atoms with van der Waals surface area (Å²) in [5, 5.41) is 5.84. The molecule has 0 spiro atoms. The van der Waals surface area contributed by atoms with E-state index in [-0.39, 0.29) is 11.8 Å². The normalized spacial score (nSPS) is 15.0. The fraction of sp³-hybridized carbons (Fsp3) is 0.462. The molecule has 0 aromatic heterocycles. The number of ether oxygens (including phenoxy) is 2. The van der Waals surface area contributed by atoms with Crippen molar-refractivity contribution in [3.63, 3.8) is 0 Å². The maximum Gasteiger partial charge on any atom is 0.228 e. The Labute approximate surface area is 106 Å². The van der Waals surface area contributed by atoms with Gasteiger partial charge in [0.25, 0.3) is 0 Å². The van der Waals surface area contributed by atoms with Crippen LogP contribution in [-0.4, -0.2) is 32.7 Å². The summed E-state index contributed by atoms with van der Waals surface area (Å²) in [5.41, 5.74) is 0.729. The number of carbonyl (C=O) groups is 1. The van der Waals surface area contributed by atoms with E-state index in [0.29, 0.717) is 25.5 Å². The molecule has 1 unspecified atom stereocenters. The van der Waals surface area contributed by atoms with Gasteiger partial charge in [-0.25, -0.2) is 0 Å². The van der Waals surface area contributed by atoms with E-state index in [4.69, 9.17) is 9.47 Å². The quantitative estimate of drug-likeness (QED) is 0.844. The summed E-state index contributed by atoms with van der Waals surface area (Å²) in [6.07, 6.45) is 0. The van der Waals surface area contributed by atoms with Crippen molar-refractivity contribution < 1.29 is 14.3 Å². The minimum Gasteiger partial charge on any atom is -0.486 e. The highest BCUT2D eigenvalue weighted by atomic mass is 16.6. The molecule has 98 valence electrons. The molecule has 1 aliphatic rings. The summed E-state index contributed by atoms with van der Waals surface area (Å²) in [5.74, 6) is 1.31.